The van der Waals surface area contributed by atoms with Crippen molar-refractivity contribution in [2.24, 2.45) is 0 Å². The van der Waals surface area contributed by atoms with Crippen LogP contribution in [-0.2, 0) is 16.4 Å². The number of halogens is 1. The largest absolute Gasteiger partial charge is 0.495 e. The zero-order valence-corrected chi connectivity index (χ0v) is 18.1. The summed E-state index contributed by atoms with van der Waals surface area (Å²) in [6, 6.07) is 11.1. The Morgan fingerprint density at radius 3 is 2.56 bits per heavy atom. The first-order chi connectivity index (χ1) is 13.0. The van der Waals surface area contributed by atoms with Gasteiger partial charge in [0.25, 0.3) is 10.0 Å². The van der Waals surface area contributed by atoms with E-state index in [9.17, 15) is 8.42 Å². The minimum absolute atomic E-state index is 0.309. The van der Waals surface area contributed by atoms with Crippen LogP contribution in [0.3, 0.4) is 0 Å². The molecule has 0 aromatic heterocycles. The van der Waals surface area contributed by atoms with Crippen LogP contribution in [-0.4, -0.2) is 48.3 Å². The van der Waals surface area contributed by atoms with E-state index in [4.69, 9.17) is 4.74 Å². The third-order valence-corrected chi connectivity index (χ3v) is 7.57. The topological polar surface area (TPSA) is 61.9 Å². The predicted molar refractivity (Wildman–Crippen MR) is 115 cm³/mol. The lowest BCUT2D eigenvalue weighted by Gasteiger charge is -2.31. The molecule has 2 aromatic carbocycles. The highest BCUT2D eigenvalue weighted by atomic mass is 127. The lowest BCUT2D eigenvalue weighted by Crippen LogP contribution is -2.43. The minimum Gasteiger partial charge on any atom is -0.495 e. The van der Waals surface area contributed by atoms with Crippen LogP contribution in [0, 0.1) is 3.57 Å². The molecule has 1 fully saturated rings. The van der Waals surface area contributed by atoms with Crippen LogP contribution in [0.25, 0.3) is 0 Å². The first-order valence-electron chi connectivity index (χ1n) is 8.95. The Bertz CT molecular complexity index is 959. The molecule has 2 heterocycles. The Balaban J connectivity index is 1.73. The molecule has 0 bridgehead atoms. The van der Waals surface area contributed by atoms with Gasteiger partial charge in [0.15, 0.2) is 0 Å². The SMILES string of the molecule is COc1ccc(S(=O)(=O)N2CCc3cc(I)ccc32)cc1N1CCNCC1. The third kappa shape index (κ3) is 3.50. The molecule has 1 N–H and O–H groups in total. The number of fused-ring (bicyclic) bond motifs is 1. The van der Waals surface area contributed by atoms with Crippen molar-refractivity contribution in [3.8, 4) is 5.75 Å². The fraction of sp³-hybridized carbons (Fsp3) is 0.368. The van der Waals surface area contributed by atoms with Crippen LogP contribution in [0.15, 0.2) is 41.3 Å². The van der Waals surface area contributed by atoms with Gasteiger partial charge in [-0.1, -0.05) is 0 Å². The highest BCUT2D eigenvalue weighted by Crippen LogP contribution is 2.37. The van der Waals surface area contributed by atoms with Gasteiger partial charge in [-0.15, -0.1) is 0 Å². The number of hydrogen-bond donors (Lipinski definition) is 1. The second-order valence-corrected chi connectivity index (χ2v) is 9.78. The Kier molecular flexibility index (Phi) is 5.21. The number of sulfonamides is 1. The summed E-state index contributed by atoms with van der Waals surface area (Å²) in [5.74, 6) is 0.701. The molecule has 2 aromatic rings. The van der Waals surface area contributed by atoms with E-state index >= 15 is 0 Å². The Hall–Kier alpha value is -1.52. The van der Waals surface area contributed by atoms with E-state index < -0.39 is 10.0 Å². The molecule has 0 radical (unpaired) electrons. The Morgan fingerprint density at radius 2 is 1.81 bits per heavy atom. The molecule has 8 heteroatoms. The number of ether oxygens (including phenoxy) is 1. The lowest BCUT2D eigenvalue weighted by molar-refractivity contribution is 0.412. The summed E-state index contributed by atoms with van der Waals surface area (Å²) in [7, 11) is -2.00. The molecule has 27 heavy (non-hydrogen) atoms. The number of hydrogen-bond acceptors (Lipinski definition) is 5. The summed E-state index contributed by atoms with van der Waals surface area (Å²) in [4.78, 5) is 2.48. The number of piperazine rings is 1. The summed E-state index contributed by atoms with van der Waals surface area (Å²) in [6.45, 7) is 3.87. The van der Waals surface area contributed by atoms with Crippen molar-refractivity contribution in [2.75, 3.05) is 49.0 Å². The fourth-order valence-corrected chi connectivity index (χ4v) is 5.78. The van der Waals surface area contributed by atoms with Gasteiger partial charge in [-0.3, -0.25) is 4.31 Å². The molecule has 6 nitrogen and oxygen atoms in total. The first-order valence-corrected chi connectivity index (χ1v) is 11.5. The summed E-state index contributed by atoms with van der Waals surface area (Å²) in [5.41, 5.74) is 2.71. The van der Waals surface area contributed by atoms with E-state index in [1.807, 2.05) is 12.1 Å². The summed E-state index contributed by atoms with van der Waals surface area (Å²) < 4.78 is 34.9. The van der Waals surface area contributed by atoms with E-state index in [1.165, 1.54) is 4.31 Å². The van der Waals surface area contributed by atoms with Crippen LogP contribution < -0.4 is 19.3 Å². The van der Waals surface area contributed by atoms with Gasteiger partial charge in [-0.05, 0) is 71.0 Å². The third-order valence-electron chi connectivity index (χ3n) is 5.09. The van der Waals surface area contributed by atoms with Gasteiger partial charge in [-0.2, -0.15) is 0 Å². The molecule has 0 aliphatic carbocycles. The van der Waals surface area contributed by atoms with Gasteiger partial charge in [0.1, 0.15) is 5.75 Å². The van der Waals surface area contributed by atoms with Crippen LogP contribution in [0.1, 0.15) is 5.56 Å². The predicted octanol–water partition coefficient (Wildman–Crippen LogP) is 2.46. The highest BCUT2D eigenvalue weighted by Gasteiger charge is 2.32. The van der Waals surface area contributed by atoms with Crippen LogP contribution in [0.2, 0.25) is 0 Å². The van der Waals surface area contributed by atoms with Gasteiger partial charge in [0.2, 0.25) is 0 Å². The number of rotatable bonds is 4. The van der Waals surface area contributed by atoms with Crippen molar-refractivity contribution in [1.29, 1.82) is 0 Å². The Morgan fingerprint density at radius 1 is 1.04 bits per heavy atom. The number of anilines is 2. The van der Waals surface area contributed by atoms with Crippen molar-refractivity contribution in [1.82, 2.24) is 5.32 Å². The number of benzene rings is 2. The molecular weight excluding hydrogens is 477 g/mol. The molecular formula is C19H22IN3O3S. The average molecular weight is 499 g/mol. The van der Waals surface area contributed by atoms with Crippen molar-refractivity contribution >= 4 is 44.0 Å². The van der Waals surface area contributed by atoms with Gasteiger partial charge in [0.05, 0.1) is 23.4 Å². The number of nitrogens with zero attached hydrogens (tertiary/aromatic N) is 2. The van der Waals surface area contributed by atoms with Crippen molar-refractivity contribution < 1.29 is 13.2 Å². The van der Waals surface area contributed by atoms with Crippen molar-refractivity contribution in [3.05, 3.63) is 45.5 Å². The molecule has 0 unspecified atom stereocenters. The summed E-state index contributed by atoms with van der Waals surface area (Å²) >= 11 is 2.26. The van der Waals surface area contributed by atoms with Crippen molar-refractivity contribution in [2.45, 2.75) is 11.3 Å². The standard InChI is InChI=1S/C19H22IN3O3S/c1-26-19-5-3-16(13-18(19)22-10-7-21-8-11-22)27(24,25)23-9-6-14-12-15(20)2-4-17(14)23/h2-5,12-13,21H,6-11H2,1H3. The molecule has 0 atom stereocenters. The van der Waals surface area contributed by atoms with Crippen LogP contribution in [0.5, 0.6) is 5.75 Å². The van der Waals surface area contributed by atoms with Crippen molar-refractivity contribution in [3.63, 3.8) is 0 Å². The maximum absolute atomic E-state index is 13.4. The second kappa shape index (κ2) is 7.48. The summed E-state index contributed by atoms with van der Waals surface area (Å²) in [5, 5.41) is 3.32. The highest BCUT2D eigenvalue weighted by molar-refractivity contribution is 14.1. The maximum atomic E-state index is 13.4. The van der Waals surface area contributed by atoms with Gasteiger partial charge < -0.3 is 15.0 Å². The van der Waals surface area contributed by atoms with E-state index in [2.05, 4.69) is 38.9 Å². The number of methoxy groups -OCH3 is 1. The number of nitrogens with one attached hydrogen (secondary N) is 1. The zero-order chi connectivity index (χ0) is 19.0. The molecule has 144 valence electrons. The van der Waals surface area contributed by atoms with E-state index in [0.717, 1.165) is 53.1 Å². The summed E-state index contributed by atoms with van der Waals surface area (Å²) in [6.07, 6.45) is 0.742. The average Bonchev–Trinajstić information content (AvgIpc) is 3.12. The quantitative estimate of drug-likeness (QED) is 0.656. The van der Waals surface area contributed by atoms with Gasteiger partial charge in [-0.25, -0.2) is 8.42 Å². The molecule has 0 spiro atoms. The fourth-order valence-electron chi connectivity index (χ4n) is 3.70. The smallest absolute Gasteiger partial charge is 0.264 e. The second-order valence-electron chi connectivity index (χ2n) is 6.67. The zero-order valence-electron chi connectivity index (χ0n) is 15.1. The molecule has 2 aliphatic heterocycles. The van der Waals surface area contributed by atoms with Gasteiger partial charge >= 0.3 is 0 Å². The van der Waals surface area contributed by atoms with E-state index in [-0.39, 0.29) is 0 Å². The first kappa shape index (κ1) is 18.8. The minimum atomic E-state index is -3.62. The lowest BCUT2D eigenvalue weighted by atomic mass is 10.2. The molecule has 4 rings (SSSR count). The Labute approximate surface area is 173 Å². The van der Waals surface area contributed by atoms with E-state index in [0.29, 0.717) is 17.2 Å². The van der Waals surface area contributed by atoms with Crippen LogP contribution >= 0.6 is 22.6 Å². The van der Waals surface area contributed by atoms with Gasteiger partial charge in [0, 0.05) is 36.3 Å². The monoisotopic (exact) mass is 499 g/mol. The normalized spacial score (nSPS) is 17.1. The molecule has 1 saturated heterocycles. The molecule has 0 saturated carbocycles. The van der Waals surface area contributed by atoms with Crippen LogP contribution in [0.4, 0.5) is 11.4 Å². The maximum Gasteiger partial charge on any atom is 0.264 e. The molecule has 0 amide bonds. The molecule has 2 aliphatic rings. The van der Waals surface area contributed by atoms with E-state index in [1.54, 1.807) is 25.3 Å².